The lowest BCUT2D eigenvalue weighted by Gasteiger charge is -2.35. The van der Waals surface area contributed by atoms with Gasteiger partial charge in [0.1, 0.15) is 29.3 Å². The smallest absolute Gasteiger partial charge is 0.148 e. The van der Waals surface area contributed by atoms with Crippen LogP contribution in [0.1, 0.15) is 41.4 Å². The summed E-state index contributed by atoms with van der Waals surface area (Å²) in [7, 11) is 0. The number of nitriles is 2. The van der Waals surface area contributed by atoms with Gasteiger partial charge in [-0.1, -0.05) is 55.9 Å². The zero-order chi connectivity index (χ0) is 21.5. The fraction of sp³-hybridized carbons (Fsp3) is 0.391. The van der Waals surface area contributed by atoms with Crippen LogP contribution in [0.3, 0.4) is 0 Å². The maximum absolute atomic E-state index is 11.8. The van der Waals surface area contributed by atoms with Crippen molar-refractivity contribution in [3.63, 3.8) is 0 Å². The van der Waals surface area contributed by atoms with E-state index in [4.69, 9.17) is 4.98 Å². The van der Waals surface area contributed by atoms with Crippen LogP contribution in [-0.2, 0) is 11.2 Å². The topological polar surface area (TPSA) is 84.0 Å². The second kappa shape index (κ2) is 10.2. The first kappa shape index (κ1) is 21.8. The lowest BCUT2D eigenvalue weighted by atomic mass is 10.0. The van der Waals surface area contributed by atoms with E-state index in [2.05, 4.69) is 28.9 Å². The highest BCUT2D eigenvalue weighted by Gasteiger charge is 2.26. The summed E-state index contributed by atoms with van der Waals surface area (Å²) in [4.78, 5) is 21.1. The predicted molar refractivity (Wildman–Crippen MR) is 118 cm³/mol. The number of carbonyl (C=O) groups is 1. The molecule has 1 aromatic carbocycles. The number of pyridine rings is 1. The van der Waals surface area contributed by atoms with Gasteiger partial charge in [-0.05, 0) is 24.1 Å². The van der Waals surface area contributed by atoms with Gasteiger partial charge >= 0.3 is 0 Å². The summed E-state index contributed by atoms with van der Waals surface area (Å²) in [6.07, 6.45) is 1.44. The van der Waals surface area contributed by atoms with Crippen molar-refractivity contribution < 1.29 is 4.79 Å². The summed E-state index contributed by atoms with van der Waals surface area (Å²) in [6.45, 7) is 8.47. The fourth-order valence-electron chi connectivity index (χ4n) is 3.71. The number of benzene rings is 1. The molecule has 154 valence electrons. The molecule has 0 bridgehead atoms. The molecular formula is C23H25N5OS. The molecule has 7 heteroatoms. The summed E-state index contributed by atoms with van der Waals surface area (Å²) >= 11 is 1.28. The molecule has 1 unspecified atom stereocenters. The summed E-state index contributed by atoms with van der Waals surface area (Å²) in [5.74, 6) is 0.629. The number of aldehydes is 1. The number of thioether (sulfide) groups is 1. The van der Waals surface area contributed by atoms with Crippen molar-refractivity contribution in [2.24, 2.45) is 0 Å². The Balaban J connectivity index is 2.05. The molecule has 2 heterocycles. The van der Waals surface area contributed by atoms with Gasteiger partial charge in [-0.3, -0.25) is 0 Å². The van der Waals surface area contributed by atoms with Crippen molar-refractivity contribution in [2.45, 2.75) is 30.5 Å². The highest BCUT2D eigenvalue weighted by atomic mass is 32.2. The molecule has 0 saturated carbocycles. The minimum atomic E-state index is -0.465. The average molecular weight is 420 g/mol. The minimum Gasteiger partial charge on any atom is -0.353 e. The number of hydrogen-bond donors (Lipinski definition) is 0. The van der Waals surface area contributed by atoms with Gasteiger partial charge in [0.2, 0.25) is 0 Å². The van der Waals surface area contributed by atoms with Crippen LogP contribution in [0, 0.1) is 22.7 Å². The molecule has 0 radical (unpaired) electrons. The van der Waals surface area contributed by atoms with Crippen molar-refractivity contribution in [2.75, 3.05) is 37.6 Å². The second-order valence-corrected chi connectivity index (χ2v) is 8.18. The highest BCUT2D eigenvalue weighted by molar-refractivity contribution is 8.00. The maximum atomic E-state index is 11.8. The quantitative estimate of drug-likeness (QED) is 0.501. The van der Waals surface area contributed by atoms with Crippen LogP contribution in [0.25, 0.3) is 0 Å². The Kier molecular flexibility index (Phi) is 7.46. The highest BCUT2D eigenvalue weighted by Crippen LogP contribution is 2.38. The van der Waals surface area contributed by atoms with E-state index < -0.39 is 5.25 Å². The summed E-state index contributed by atoms with van der Waals surface area (Å²) in [6, 6.07) is 14.0. The van der Waals surface area contributed by atoms with Gasteiger partial charge in [-0.2, -0.15) is 10.5 Å². The van der Waals surface area contributed by atoms with E-state index in [1.165, 1.54) is 11.8 Å². The van der Waals surface area contributed by atoms with Crippen molar-refractivity contribution in [1.29, 1.82) is 10.5 Å². The molecule has 0 N–H and O–H groups in total. The lowest BCUT2D eigenvalue weighted by molar-refractivity contribution is -0.107. The van der Waals surface area contributed by atoms with Crippen LogP contribution in [0.15, 0.2) is 35.4 Å². The van der Waals surface area contributed by atoms with E-state index in [-0.39, 0.29) is 0 Å². The standard InChI is InChI=1S/C23H25N5OS/c1-3-18-19(14-24)22(28-12-10-27(4-2)11-13-28)26-23(20(18)15-25)30-21(16-29)17-8-6-5-7-9-17/h5-9,16,21H,3-4,10-13H2,1-2H3. The Morgan fingerprint density at radius 3 is 2.30 bits per heavy atom. The number of nitrogens with zero attached hydrogens (tertiary/aromatic N) is 5. The lowest BCUT2D eigenvalue weighted by Crippen LogP contribution is -2.46. The molecule has 2 aromatic rings. The molecule has 1 fully saturated rings. The van der Waals surface area contributed by atoms with Crippen LogP contribution in [0.4, 0.5) is 5.82 Å². The number of anilines is 1. The first-order chi connectivity index (χ1) is 14.7. The van der Waals surface area contributed by atoms with Crippen LogP contribution >= 0.6 is 11.8 Å². The van der Waals surface area contributed by atoms with Crippen LogP contribution in [0.2, 0.25) is 0 Å². The molecule has 1 saturated heterocycles. The molecular weight excluding hydrogens is 394 g/mol. The van der Waals surface area contributed by atoms with Crippen LogP contribution in [0.5, 0.6) is 0 Å². The third kappa shape index (κ3) is 4.48. The molecule has 0 aliphatic carbocycles. The largest absolute Gasteiger partial charge is 0.353 e. The molecule has 1 atom stereocenters. The zero-order valence-electron chi connectivity index (χ0n) is 17.3. The molecule has 1 aliphatic rings. The van der Waals surface area contributed by atoms with E-state index in [9.17, 15) is 15.3 Å². The van der Waals surface area contributed by atoms with Crippen molar-refractivity contribution >= 4 is 23.9 Å². The third-order valence-corrected chi connectivity index (χ3v) is 6.59. The van der Waals surface area contributed by atoms with E-state index in [0.29, 0.717) is 34.0 Å². The first-order valence-electron chi connectivity index (χ1n) is 10.2. The average Bonchev–Trinajstić information content (AvgIpc) is 2.81. The SMILES string of the molecule is CCc1c(C#N)c(SC(C=O)c2ccccc2)nc(N2CCN(CC)CC2)c1C#N. The van der Waals surface area contributed by atoms with Gasteiger partial charge in [0.05, 0.1) is 16.4 Å². The van der Waals surface area contributed by atoms with Gasteiger partial charge in [0.15, 0.2) is 0 Å². The molecule has 0 amide bonds. The minimum absolute atomic E-state index is 0.401. The van der Waals surface area contributed by atoms with Crippen molar-refractivity contribution in [3.05, 3.63) is 52.6 Å². The molecule has 1 aromatic heterocycles. The Bertz CT molecular complexity index is 972. The van der Waals surface area contributed by atoms with Crippen LogP contribution < -0.4 is 4.90 Å². The zero-order valence-corrected chi connectivity index (χ0v) is 18.2. The summed E-state index contributed by atoms with van der Waals surface area (Å²) in [5.41, 5.74) is 2.45. The predicted octanol–water partition coefficient (Wildman–Crippen LogP) is 3.56. The normalized spacial score (nSPS) is 15.3. The number of carbonyl (C=O) groups excluding carboxylic acids is 1. The summed E-state index contributed by atoms with van der Waals surface area (Å²) in [5, 5.41) is 19.8. The Hall–Kier alpha value is -2.87. The van der Waals surface area contributed by atoms with E-state index in [1.807, 2.05) is 37.3 Å². The summed E-state index contributed by atoms with van der Waals surface area (Å²) < 4.78 is 0. The van der Waals surface area contributed by atoms with Crippen molar-refractivity contribution in [3.8, 4) is 12.1 Å². The van der Waals surface area contributed by atoms with Gasteiger partial charge < -0.3 is 14.6 Å². The number of likely N-dealkylation sites (N-methyl/N-ethyl adjacent to an activating group) is 1. The number of hydrogen-bond acceptors (Lipinski definition) is 7. The van der Waals surface area contributed by atoms with Gasteiger partial charge in [0.25, 0.3) is 0 Å². The number of aromatic nitrogens is 1. The molecule has 3 rings (SSSR count). The fourth-order valence-corrected chi connectivity index (χ4v) is 4.73. The van der Waals surface area contributed by atoms with Crippen LogP contribution in [-0.4, -0.2) is 48.9 Å². The molecule has 0 spiro atoms. The van der Waals surface area contributed by atoms with Gasteiger partial charge in [0, 0.05) is 26.2 Å². The van der Waals surface area contributed by atoms with E-state index in [1.54, 1.807) is 0 Å². The Labute approximate surface area is 182 Å². The Morgan fingerprint density at radius 2 is 1.77 bits per heavy atom. The molecule has 6 nitrogen and oxygen atoms in total. The van der Waals surface area contributed by atoms with E-state index in [0.717, 1.165) is 44.6 Å². The van der Waals surface area contributed by atoms with Gasteiger partial charge in [-0.15, -0.1) is 0 Å². The third-order valence-electron chi connectivity index (χ3n) is 5.43. The molecule has 30 heavy (non-hydrogen) atoms. The number of piperazine rings is 1. The van der Waals surface area contributed by atoms with Crippen molar-refractivity contribution in [1.82, 2.24) is 9.88 Å². The monoisotopic (exact) mass is 419 g/mol. The van der Waals surface area contributed by atoms with E-state index >= 15 is 0 Å². The number of rotatable bonds is 7. The second-order valence-electron chi connectivity index (χ2n) is 7.05. The van der Waals surface area contributed by atoms with Gasteiger partial charge in [-0.25, -0.2) is 4.98 Å². The maximum Gasteiger partial charge on any atom is 0.148 e. The molecule has 1 aliphatic heterocycles. The first-order valence-corrected chi connectivity index (χ1v) is 11.1. The Morgan fingerprint density at radius 1 is 1.10 bits per heavy atom.